The van der Waals surface area contributed by atoms with Crippen molar-refractivity contribution in [2.24, 2.45) is 0 Å². The van der Waals surface area contributed by atoms with Crippen molar-refractivity contribution in [2.75, 3.05) is 31.6 Å². The highest BCUT2D eigenvalue weighted by molar-refractivity contribution is 5.38. The molecule has 2 fully saturated rings. The number of ether oxygens (including phenoxy) is 1. The lowest BCUT2D eigenvalue weighted by molar-refractivity contribution is 0.193. The van der Waals surface area contributed by atoms with Crippen LogP contribution in [0.3, 0.4) is 0 Å². The zero-order chi connectivity index (χ0) is 17.8. The van der Waals surface area contributed by atoms with Gasteiger partial charge in [-0.05, 0) is 37.8 Å². The summed E-state index contributed by atoms with van der Waals surface area (Å²) < 4.78 is 5.51. The summed E-state index contributed by atoms with van der Waals surface area (Å²) in [5.41, 5.74) is 2.40. The van der Waals surface area contributed by atoms with E-state index in [-0.39, 0.29) is 0 Å². The molecular formula is C20H27N5O. The zero-order valence-electron chi connectivity index (χ0n) is 15.4. The smallest absolute Gasteiger partial charge is 0.130 e. The number of rotatable bonds is 5. The standard InChI is InChI=1S/C20H27N5O/c1-15-22-19(17-6-10-26-14-17)11-20(23-15)24-18-4-8-25(9-5-18)13-16-3-2-7-21-12-16/h2-3,7,11-12,17-18H,4-6,8-10,13-14H2,1H3,(H,22,23,24)/t17-/m0/s1. The van der Waals surface area contributed by atoms with Gasteiger partial charge in [-0.2, -0.15) is 0 Å². The van der Waals surface area contributed by atoms with Crippen molar-refractivity contribution >= 4 is 5.82 Å². The fourth-order valence-corrected chi connectivity index (χ4v) is 3.84. The van der Waals surface area contributed by atoms with Crippen LogP contribution in [0.4, 0.5) is 5.82 Å². The van der Waals surface area contributed by atoms with Gasteiger partial charge in [-0.25, -0.2) is 9.97 Å². The SMILES string of the molecule is Cc1nc(NC2CCN(Cc3cccnc3)CC2)cc([C@H]2CCOC2)n1. The van der Waals surface area contributed by atoms with E-state index in [1.807, 2.05) is 25.4 Å². The molecule has 4 heterocycles. The lowest BCUT2D eigenvalue weighted by atomic mass is 10.0. The average Bonchev–Trinajstić information content (AvgIpc) is 3.19. The quantitative estimate of drug-likeness (QED) is 0.892. The highest BCUT2D eigenvalue weighted by Gasteiger charge is 2.22. The highest BCUT2D eigenvalue weighted by Crippen LogP contribution is 2.26. The molecule has 2 aromatic heterocycles. The van der Waals surface area contributed by atoms with Crippen LogP contribution in [0.25, 0.3) is 0 Å². The predicted octanol–water partition coefficient (Wildman–Crippen LogP) is 2.76. The molecule has 6 heteroatoms. The van der Waals surface area contributed by atoms with Crippen molar-refractivity contribution in [3.63, 3.8) is 0 Å². The van der Waals surface area contributed by atoms with Gasteiger partial charge >= 0.3 is 0 Å². The topological polar surface area (TPSA) is 63.2 Å². The van der Waals surface area contributed by atoms with Crippen LogP contribution in [0.15, 0.2) is 30.6 Å². The number of hydrogen-bond donors (Lipinski definition) is 1. The summed E-state index contributed by atoms with van der Waals surface area (Å²) in [6, 6.07) is 6.75. The summed E-state index contributed by atoms with van der Waals surface area (Å²) in [6.07, 6.45) is 7.11. The number of pyridine rings is 1. The summed E-state index contributed by atoms with van der Waals surface area (Å²) in [6.45, 7) is 6.77. The molecule has 0 radical (unpaired) electrons. The maximum Gasteiger partial charge on any atom is 0.130 e. The normalized spacial score (nSPS) is 21.8. The Kier molecular flexibility index (Phi) is 5.41. The van der Waals surface area contributed by atoms with Gasteiger partial charge in [0.2, 0.25) is 0 Å². The first-order valence-electron chi connectivity index (χ1n) is 9.57. The molecule has 2 aliphatic heterocycles. The molecule has 4 rings (SSSR count). The van der Waals surface area contributed by atoms with Crippen molar-refractivity contribution in [2.45, 2.75) is 44.7 Å². The number of aryl methyl sites for hydroxylation is 1. The van der Waals surface area contributed by atoms with Crippen molar-refractivity contribution in [3.8, 4) is 0 Å². The minimum Gasteiger partial charge on any atom is -0.381 e. The molecule has 1 N–H and O–H groups in total. The zero-order valence-corrected chi connectivity index (χ0v) is 15.4. The van der Waals surface area contributed by atoms with Crippen LogP contribution in [0.2, 0.25) is 0 Å². The molecule has 0 spiro atoms. The summed E-state index contributed by atoms with van der Waals surface area (Å²) in [7, 11) is 0. The number of nitrogens with one attached hydrogen (secondary N) is 1. The number of nitrogens with zero attached hydrogens (tertiary/aromatic N) is 4. The van der Waals surface area contributed by atoms with Crippen LogP contribution < -0.4 is 5.32 Å². The Morgan fingerprint density at radius 1 is 1.23 bits per heavy atom. The van der Waals surface area contributed by atoms with E-state index in [1.165, 1.54) is 5.56 Å². The molecule has 138 valence electrons. The maximum atomic E-state index is 5.51. The number of hydrogen-bond acceptors (Lipinski definition) is 6. The van der Waals surface area contributed by atoms with Gasteiger partial charge in [-0.1, -0.05) is 6.07 Å². The van der Waals surface area contributed by atoms with Crippen LogP contribution >= 0.6 is 0 Å². The molecule has 1 atom stereocenters. The lowest BCUT2D eigenvalue weighted by Gasteiger charge is -2.32. The molecule has 0 amide bonds. The van der Waals surface area contributed by atoms with E-state index in [0.29, 0.717) is 12.0 Å². The number of aromatic nitrogens is 3. The fourth-order valence-electron chi connectivity index (χ4n) is 3.84. The van der Waals surface area contributed by atoms with Crippen molar-refractivity contribution in [1.82, 2.24) is 19.9 Å². The first-order chi connectivity index (χ1) is 12.8. The molecule has 0 aliphatic carbocycles. The van der Waals surface area contributed by atoms with Crippen molar-refractivity contribution in [1.29, 1.82) is 0 Å². The Labute approximate surface area is 155 Å². The minimum absolute atomic E-state index is 0.415. The van der Waals surface area contributed by atoms with Gasteiger partial charge in [0.05, 0.1) is 12.3 Å². The molecule has 2 saturated heterocycles. The lowest BCUT2D eigenvalue weighted by Crippen LogP contribution is -2.38. The van der Waals surface area contributed by atoms with Crippen LogP contribution in [0.5, 0.6) is 0 Å². The van der Waals surface area contributed by atoms with E-state index in [0.717, 1.165) is 69.4 Å². The molecule has 26 heavy (non-hydrogen) atoms. The first kappa shape index (κ1) is 17.4. The summed E-state index contributed by atoms with van der Waals surface area (Å²) >= 11 is 0. The van der Waals surface area contributed by atoms with Crippen LogP contribution in [0, 0.1) is 6.92 Å². The molecule has 0 unspecified atom stereocenters. The Morgan fingerprint density at radius 3 is 2.85 bits per heavy atom. The summed E-state index contributed by atoms with van der Waals surface area (Å²) in [5.74, 6) is 2.22. The van der Waals surface area contributed by atoms with E-state index in [1.54, 1.807) is 0 Å². The second kappa shape index (κ2) is 8.10. The predicted molar refractivity (Wildman–Crippen MR) is 101 cm³/mol. The number of piperidine rings is 1. The van der Waals surface area contributed by atoms with E-state index in [2.05, 4.69) is 37.3 Å². The molecule has 2 aliphatic rings. The molecule has 0 saturated carbocycles. The molecule has 0 bridgehead atoms. The third-order valence-electron chi connectivity index (χ3n) is 5.27. The van der Waals surface area contributed by atoms with Crippen LogP contribution in [0.1, 0.15) is 42.3 Å². The minimum atomic E-state index is 0.415. The van der Waals surface area contributed by atoms with Crippen LogP contribution in [-0.2, 0) is 11.3 Å². The van der Waals surface area contributed by atoms with Crippen LogP contribution in [-0.4, -0.2) is 52.2 Å². The Bertz CT molecular complexity index is 709. The Balaban J connectivity index is 1.32. The first-order valence-corrected chi connectivity index (χ1v) is 9.57. The van der Waals surface area contributed by atoms with Crippen molar-refractivity contribution in [3.05, 3.63) is 47.7 Å². The molecule has 0 aromatic carbocycles. The van der Waals surface area contributed by atoms with E-state index in [9.17, 15) is 0 Å². The van der Waals surface area contributed by atoms with Gasteiger partial charge in [-0.15, -0.1) is 0 Å². The largest absolute Gasteiger partial charge is 0.381 e. The molecule has 6 nitrogen and oxygen atoms in total. The summed E-state index contributed by atoms with van der Waals surface area (Å²) in [5, 5.41) is 3.64. The Hall–Kier alpha value is -2.05. The van der Waals surface area contributed by atoms with Gasteiger partial charge in [0.1, 0.15) is 11.6 Å². The molecule has 2 aromatic rings. The van der Waals surface area contributed by atoms with E-state index >= 15 is 0 Å². The number of anilines is 1. The fraction of sp³-hybridized carbons (Fsp3) is 0.550. The summed E-state index contributed by atoms with van der Waals surface area (Å²) in [4.78, 5) is 15.9. The highest BCUT2D eigenvalue weighted by atomic mass is 16.5. The van der Waals surface area contributed by atoms with Crippen molar-refractivity contribution < 1.29 is 4.74 Å². The van der Waals surface area contributed by atoms with E-state index in [4.69, 9.17) is 4.74 Å². The average molecular weight is 353 g/mol. The maximum absolute atomic E-state index is 5.51. The van der Waals surface area contributed by atoms with Gasteiger partial charge in [0.25, 0.3) is 0 Å². The second-order valence-electron chi connectivity index (χ2n) is 7.34. The number of likely N-dealkylation sites (tertiary alicyclic amines) is 1. The molecular weight excluding hydrogens is 326 g/mol. The Morgan fingerprint density at radius 2 is 2.12 bits per heavy atom. The van der Waals surface area contributed by atoms with Gasteiger partial charge in [0, 0.05) is 56.7 Å². The van der Waals surface area contributed by atoms with Gasteiger partial charge in [-0.3, -0.25) is 9.88 Å². The third-order valence-corrected chi connectivity index (χ3v) is 5.27. The van der Waals surface area contributed by atoms with E-state index < -0.39 is 0 Å². The third kappa shape index (κ3) is 4.37. The second-order valence-corrected chi connectivity index (χ2v) is 7.34. The van der Waals surface area contributed by atoms with Gasteiger partial charge in [0.15, 0.2) is 0 Å². The monoisotopic (exact) mass is 353 g/mol. The van der Waals surface area contributed by atoms with Gasteiger partial charge < -0.3 is 10.1 Å².